The van der Waals surface area contributed by atoms with Crippen molar-refractivity contribution in [2.45, 2.75) is 101 Å². The maximum atomic E-state index is 13.3. The van der Waals surface area contributed by atoms with Crippen molar-refractivity contribution in [1.82, 2.24) is 20.7 Å². The Morgan fingerprint density at radius 2 is 2.07 bits per heavy atom. The second-order valence-corrected chi connectivity index (χ2v) is 13.6. The van der Waals surface area contributed by atoms with Crippen molar-refractivity contribution in [3.8, 4) is 6.07 Å². The molecule has 12 heteroatoms. The fourth-order valence-electron chi connectivity index (χ4n) is 7.32. The largest absolute Gasteiger partial charge is 0.458 e. The lowest BCUT2D eigenvalue weighted by molar-refractivity contribution is -0.180. The molecule has 3 unspecified atom stereocenters. The molecule has 5 saturated heterocycles. The van der Waals surface area contributed by atoms with Crippen LogP contribution < -0.4 is 16.1 Å². The van der Waals surface area contributed by atoms with E-state index in [4.69, 9.17) is 14.2 Å². The number of amides is 2. The molecule has 0 aromatic heterocycles. The van der Waals surface area contributed by atoms with Crippen LogP contribution in [0.2, 0.25) is 0 Å². The number of hydrogen-bond acceptors (Lipinski definition) is 10. The molecule has 232 valence electrons. The Hall–Kier alpha value is -3.24. The van der Waals surface area contributed by atoms with Crippen LogP contribution in [0.3, 0.4) is 0 Å². The number of likely N-dealkylation sites (tertiary alicyclic amines) is 1. The zero-order valence-electron chi connectivity index (χ0n) is 25.4. The van der Waals surface area contributed by atoms with Gasteiger partial charge in [0.25, 0.3) is 5.91 Å². The highest BCUT2D eigenvalue weighted by Gasteiger charge is 2.56. The quantitative estimate of drug-likeness (QED) is 0.417. The minimum absolute atomic E-state index is 0.0252. The van der Waals surface area contributed by atoms with Crippen LogP contribution in [0.5, 0.6) is 0 Å². The van der Waals surface area contributed by atoms with Gasteiger partial charge in [0.1, 0.15) is 11.8 Å². The second-order valence-electron chi connectivity index (χ2n) is 13.6. The smallest absolute Gasteiger partial charge is 0.335 e. The first kappa shape index (κ1) is 29.8. The molecule has 5 aliphatic heterocycles. The third-order valence-electron chi connectivity index (χ3n) is 9.38. The fraction of sp³-hybridized carbons (Fsp3) is 0.677. The summed E-state index contributed by atoms with van der Waals surface area (Å²) < 4.78 is 17.3. The van der Waals surface area contributed by atoms with Crippen molar-refractivity contribution in [3.63, 3.8) is 0 Å². The molecule has 6 rings (SSSR count). The number of carbonyl (C=O) groups is 3. The van der Waals surface area contributed by atoms with E-state index in [9.17, 15) is 19.6 Å². The van der Waals surface area contributed by atoms with Crippen LogP contribution in [-0.4, -0.2) is 95.6 Å². The molecule has 1 aromatic rings. The van der Waals surface area contributed by atoms with E-state index in [0.29, 0.717) is 44.5 Å². The van der Waals surface area contributed by atoms with Crippen LogP contribution in [-0.2, 0) is 23.8 Å². The number of rotatable bonds is 6. The maximum Gasteiger partial charge on any atom is 0.335 e. The van der Waals surface area contributed by atoms with Gasteiger partial charge in [0.2, 0.25) is 5.91 Å². The number of aryl methyl sites for hydroxylation is 1. The molecule has 0 aliphatic carbocycles. The van der Waals surface area contributed by atoms with E-state index in [-0.39, 0.29) is 43.0 Å². The predicted octanol–water partition coefficient (Wildman–Crippen LogP) is 1.84. The lowest BCUT2D eigenvalue weighted by Gasteiger charge is -2.47. The van der Waals surface area contributed by atoms with E-state index in [0.717, 1.165) is 17.7 Å². The summed E-state index contributed by atoms with van der Waals surface area (Å²) in [5.74, 6) is -0.856. The fourth-order valence-corrected chi connectivity index (χ4v) is 7.32. The summed E-state index contributed by atoms with van der Waals surface area (Å²) in [7, 11) is 0. The standard InChI is InChI=1S/C31H42N6O6/c1-18-13-19(5-6-22(18)28(39)36-15-21-14-20(36)16-41-21)34-26-25-23(8-12-33-27(25)38)37(35-26)31(10-11-32)9-7-24(42-17-31)29(40)43-30(2,3)4/h5-6,13,20-21,23-26,34-35H,7-10,12,14-17H2,1-4H3,(H,33,38)/t20-,21-,23?,24-,25?,26?,31-/m0/s1. The molecule has 3 N–H and O–H groups in total. The van der Waals surface area contributed by atoms with Gasteiger partial charge in [-0.1, -0.05) is 0 Å². The summed E-state index contributed by atoms with van der Waals surface area (Å²) in [6.45, 7) is 9.32. The summed E-state index contributed by atoms with van der Waals surface area (Å²) in [4.78, 5) is 41.1. The maximum absolute atomic E-state index is 13.3. The van der Waals surface area contributed by atoms with Gasteiger partial charge in [0.15, 0.2) is 6.10 Å². The van der Waals surface area contributed by atoms with Crippen molar-refractivity contribution in [1.29, 1.82) is 5.26 Å². The van der Waals surface area contributed by atoms with Crippen LogP contribution in [0.4, 0.5) is 5.69 Å². The molecular formula is C31H42N6O6. The summed E-state index contributed by atoms with van der Waals surface area (Å²) in [5, 5.41) is 18.4. The van der Waals surface area contributed by atoms with E-state index in [1.165, 1.54) is 0 Å². The Balaban J connectivity index is 1.18. The molecule has 0 spiro atoms. The van der Waals surface area contributed by atoms with Gasteiger partial charge in [0, 0.05) is 30.4 Å². The first-order valence-corrected chi connectivity index (χ1v) is 15.3. The van der Waals surface area contributed by atoms with E-state index in [2.05, 4.69) is 27.1 Å². The van der Waals surface area contributed by atoms with Crippen LogP contribution in [0, 0.1) is 24.2 Å². The van der Waals surface area contributed by atoms with Crippen LogP contribution in [0.15, 0.2) is 18.2 Å². The molecule has 2 bridgehead atoms. The number of anilines is 1. The number of piperidine rings is 1. The van der Waals surface area contributed by atoms with Crippen LogP contribution >= 0.6 is 0 Å². The molecule has 12 nitrogen and oxygen atoms in total. The number of carbonyl (C=O) groups excluding carboxylic acids is 3. The third-order valence-corrected chi connectivity index (χ3v) is 9.38. The molecule has 5 aliphatic rings. The Morgan fingerprint density at radius 3 is 2.70 bits per heavy atom. The highest BCUT2D eigenvalue weighted by molar-refractivity contribution is 5.96. The molecular weight excluding hydrogens is 552 g/mol. The van der Waals surface area contributed by atoms with E-state index >= 15 is 0 Å². The molecule has 7 atom stereocenters. The molecule has 1 aromatic carbocycles. The number of hydrazine groups is 1. The number of fused-ring (bicyclic) bond motifs is 3. The Kier molecular flexibility index (Phi) is 7.87. The zero-order chi connectivity index (χ0) is 30.5. The zero-order valence-corrected chi connectivity index (χ0v) is 25.4. The summed E-state index contributed by atoms with van der Waals surface area (Å²) >= 11 is 0. The normalized spacial score (nSPS) is 33.9. The number of nitrogens with zero attached hydrogens (tertiary/aromatic N) is 3. The van der Waals surface area contributed by atoms with E-state index in [1.807, 2.05) is 50.8 Å². The molecule has 0 radical (unpaired) electrons. The number of nitriles is 1. The van der Waals surface area contributed by atoms with Gasteiger partial charge in [-0.25, -0.2) is 15.2 Å². The van der Waals surface area contributed by atoms with Gasteiger partial charge >= 0.3 is 5.97 Å². The molecule has 0 saturated carbocycles. The minimum Gasteiger partial charge on any atom is -0.458 e. The third kappa shape index (κ3) is 5.71. The van der Waals surface area contributed by atoms with Gasteiger partial charge in [0.05, 0.1) is 49.3 Å². The average molecular weight is 595 g/mol. The first-order chi connectivity index (χ1) is 20.5. The number of esters is 1. The van der Waals surface area contributed by atoms with Gasteiger partial charge in [-0.3, -0.25) is 9.59 Å². The van der Waals surface area contributed by atoms with E-state index in [1.54, 1.807) is 0 Å². The Morgan fingerprint density at radius 1 is 1.26 bits per heavy atom. The number of benzene rings is 1. The topological polar surface area (TPSA) is 145 Å². The van der Waals surface area contributed by atoms with Crippen molar-refractivity contribution in [2.24, 2.45) is 5.92 Å². The minimum atomic E-state index is -0.713. The monoisotopic (exact) mass is 594 g/mol. The van der Waals surface area contributed by atoms with Crippen molar-refractivity contribution in [3.05, 3.63) is 29.3 Å². The van der Waals surface area contributed by atoms with Gasteiger partial charge < -0.3 is 29.7 Å². The predicted molar refractivity (Wildman–Crippen MR) is 155 cm³/mol. The van der Waals surface area contributed by atoms with Gasteiger partial charge in [-0.2, -0.15) is 5.26 Å². The first-order valence-electron chi connectivity index (χ1n) is 15.3. The van der Waals surface area contributed by atoms with Gasteiger partial charge in [-0.05, 0) is 77.1 Å². The molecule has 5 heterocycles. The summed E-state index contributed by atoms with van der Waals surface area (Å²) in [6.07, 6.45) is 1.74. The summed E-state index contributed by atoms with van der Waals surface area (Å²) in [6, 6.07) is 7.97. The van der Waals surface area contributed by atoms with Gasteiger partial charge in [-0.15, -0.1) is 0 Å². The van der Waals surface area contributed by atoms with Crippen molar-refractivity contribution < 1.29 is 28.6 Å². The second kappa shape index (κ2) is 11.4. The highest BCUT2D eigenvalue weighted by atomic mass is 16.6. The highest BCUT2D eigenvalue weighted by Crippen LogP contribution is 2.40. The van der Waals surface area contributed by atoms with Crippen molar-refractivity contribution >= 4 is 23.5 Å². The molecule has 5 fully saturated rings. The molecule has 2 amide bonds. The lowest BCUT2D eigenvalue weighted by atomic mass is 9.83. The number of morpholine rings is 1. The number of nitrogens with one attached hydrogen (secondary N) is 3. The Labute approximate surface area is 252 Å². The van der Waals surface area contributed by atoms with Crippen LogP contribution in [0.1, 0.15) is 68.8 Å². The van der Waals surface area contributed by atoms with E-state index < -0.39 is 35.3 Å². The molecule has 43 heavy (non-hydrogen) atoms. The van der Waals surface area contributed by atoms with Crippen molar-refractivity contribution in [2.75, 3.05) is 31.6 Å². The average Bonchev–Trinajstić information content (AvgIpc) is 3.68. The SMILES string of the molecule is Cc1cc(NC2NN([C@]3(CC#N)CC[C@@H](C(=O)OC(C)(C)C)OC3)C3CCNC(=O)C23)ccc1C(=O)N1C[C@@H]2C[C@H]1CO2. The number of ether oxygens (including phenoxy) is 3. The Bertz CT molecular complexity index is 1310. The van der Waals surface area contributed by atoms with Crippen LogP contribution in [0.25, 0.3) is 0 Å². The number of hydrogen-bond donors (Lipinski definition) is 3. The lowest BCUT2D eigenvalue weighted by Crippen LogP contribution is -2.63. The summed E-state index contributed by atoms with van der Waals surface area (Å²) in [5.41, 5.74) is 4.51.